The molecule has 2 aromatic rings. The van der Waals surface area contributed by atoms with E-state index in [9.17, 15) is 9.59 Å². The number of nitrogens with zero attached hydrogens (tertiary/aromatic N) is 2. The van der Waals surface area contributed by atoms with E-state index in [1.807, 2.05) is 0 Å². The SMILES string of the molecule is C#CCNC(=O)CSc1nc2cc(Cl)ccc2c(=O)n1CCCOC. The van der Waals surface area contributed by atoms with Crippen LogP contribution in [0.4, 0.5) is 0 Å². The number of fused-ring (bicyclic) bond motifs is 1. The maximum atomic E-state index is 12.8. The van der Waals surface area contributed by atoms with E-state index in [0.717, 1.165) is 0 Å². The number of thioether (sulfide) groups is 1. The first-order valence-corrected chi connectivity index (χ1v) is 8.95. The van der Waals surface area contributed by atoms with Gasteiger partial charge in [-0.1, -0.05) is 29.3 Å². The number of aromatic nitrogens is 2. The van der Waals surface area contributed by atoms with Gasteiger partial charge in [0, 0.05) is 25.3 Å². The Morgan fingerprint density at radius 3 is 3.04 bits per heavy atom. The van der Waals surface area contributed by atoms with Crippen molar-refractivity contribution >= 4 is 40.2 Å². The largest absolute Gasteiger partial charge is 0.385 e. The molecule has 0 radical (unpaired) electrons. The lowest BCUT2D eigenvalue weighted by atomic mass is 10.2. The number of amides is 1. The summed E-state index contributed by atoms with van der Waals surface area (Å²) in [6.07, 6.45) is 5.78. The zero-order valence-electron chi connectivity index (χ0n) is 13.8. The number of terminal acetylenes is 1. The number of rotatable bonds is 8. The van der Waals surface area contributed by atoms with Crippen LogP contribution < -0.4 is 10.9 Å². The molecule has 1 amide bonds. The molecule has 1 heterocycles. The molecule has 6 nitrogen and oxygen atoms in total. The predicted octanol–water partition coefficient (Wildman–Crippen LogP) is 1.93. The number of hydrogen-bond acceptors (Lipinski definition) is 5. The highest BCUT2D eigenvalue weighted by Crippen LogP contribution is 2.20. The first kappa shape index (κ1) is 19.3. The highest BCUT2D eigenvalue weighted by atomic mass is 35.5. The summed E-state index contributed by atoms with van der Waals surface area (Å²) in [5.74, 6) is 2.24. The van der Waals surface area contributed by atoms with Gasteiger partial charge in [0.2, 0.25) is 5.91 Å². The van der Waals surface area contributed by atoms with Gasteiger partial charge in [-0.3, -0.25) is 14.2 Å². The Balaban J connectivity index is 2.33. The van der Waals surface area contributed by atoms with Gasteiger partial charge in [-0.25, -0.2) is 4.98 Å². The van der Waals surface area contributed by atoms with Crippen LogP contribution in [0, 0.1) is 12.3 Å². The number of carbonyl (C=O) groups is 1. The first-order chi connectivity index (χ1) is 12.1. The molecule has 1 N–H and O–H groups in total. The average Bonchev–Trinajstić information content (AvgIpc) is 2.60. The lowest BCUT2D eigenvalue weighted by Crippen LogP contribution is -2.27. The van der Waals surface area contributed by atoms with Crippen molar-refractivity contribution in [3.8, 4) is 12.3 Å². The van der Waals surface area contributed by atoms with E-state index in [2.05, 4.69) is 16.2 Å². The van der Waals surface area contributed by atoms with Gasteiger partial charge in [-0.2, -0.15) is 0 Å². The smallest absolute Gasteiger partial charge is 0.262 e. The zero-order chi connectivity index (χ0) is 18.2. The standard InChI is InChI=1S/C17H18ClN3O3S/c1-3-7-19-15(22)11-25-17-20-14-10-12(18)5-6-13(14)16(23)21(17)8-4-9-24-2/h1,5-6,10H,4,7-9,11H2,2H3,(H,19,22). The molecule has 0 aliphatic carbocycles. The molecule has 0 aliphatic heterocycles. The van der Waals surface area contributed by atoms with E-state index in [1.165, 1.54) is 11.8 Å². The molecule has 0 atom stereocenters. The van der Waals surface area contributed by atoms with Crippen molar-refractivity contribution in [3.05, 3.63) is 33.6 Å². The lowest BCUT2D eigenvalue weighted by molar-refractivity contribution is -0.118. The second-order valence-corrected chi connectivity index (χ2v) is 6.51. The van der Waals surface area contributed by atoms with E-state index in [4.69, 9.17) is 22.8 Å². The van der Waals surface area contributed by atoms with Crippen LogP contribution in [0.25, 0.3) is 10.9 Å². The van der Waals surface area contributed by atoms with Crippen molar-refractivity contribution in [3.63, 3.8) is 0 Å². The van der Waals surface area contributed by atoms with Crippen molar-refractivity contribution in [2.75, 3.05) is 26.0 Å². The van der Waals surface area contributed by atoms with Crippen molar-refractivity contribution in [1.29, 1.82) is 0 Å². The highest BCUT2D eigenvalue weighted by Gasteiger charge is 2.13. The van der Waals surface area contributed by atoms with Gasteiger partial charge < -0.3 is 10.1 Å². The number of benzene rings is 1. The van der Waals surface area contributed by atoms with Gasteiger partial charge in [0.15, 0.2) is 5.16 Å². The summed E-state index contributed by atoms with van der Waals surface area (Å²) in [6, 6.07) is 4.96. The Hall–Kier alpha value is -2.01. The summed E-state index contributed by atoms with van der Waals surface area (Å²) in [6.45, 7) is 1.14. The van der Waals surface area contributed by atoms with Crippen LogP contribution in [-0.4, -0.2) is 41.5 Å². The monoisotopic (exact) mass is 379 g/mol. The first-order valence-electron chi connectivity index (χ1n) is 7.58. The van der Waals surface area contributed by atoms with Crippen LogP contribution >= 0.6 is 23.4 Å². The molecule has 0 bridgehead atoms. The Labute approximate surface area is 154 Å². The second kappa shape index (κ2) is 9.47. The van der Waals surface area contributed by atoms with Gasteiger partial charge in [-0.15, -0.1) is 6.42 Å². The van der Waals surface area contributed by atoms with Gasteiger partial charge in [0.25, 0.3) is 5.56 Å². The molecule has 1 aromatic heterocycles. The quantitative estimate of drug-likeness (QED) is 0.328. The van der Waals surface area contributed by atoms with Crippen LogP contribution in [0.5, 0.6) is 0 Å². The van der Waals surface area contributed by atoms with Gasteiger partial charge in [-0.05, 0) is 24.6 Å². The van der Waals surface area contributed by atoms with Crippen molar-refractivity contribution in [2.45, 2.75) is 18.1 Å². The predicted molar refractivity (Wildman–Crippen MR) is 100 cm³/mol. The summed E-state index contributed by atoms with van der Waals surface area (Å²) in [4.78, 5) is 29.0. The van der Waals surface area contributed by atoms with E-state index >= 15 is 0 Å². The maximum absolute atomic E-state index is 12.8. The molecule has 132 valence electrons. The van der Waals surface area contributed by atoms with Crippen molar-refractivity contribution in [2.24, 2.45) is 0 Å². The molecule has 2 rings (SSSR count). The van der Waals surface area contributed by atoms with E-state index in [0.29, 0.717) is 40.7 Å². The number of carbonyl (C=O) groups excluding carboxylic acids is 1. The topological polar surface area (TPSA) is 73.2 Å². The minimum Gasteiger partial charge on any atom is -0.385 e. The maximum Gasteiger partial charge on any atom is 0.262 e. The van der Waals surface area contributed by atoms with Crippen LogP contribution in [0.15, 0.2) is 28.2 Å². The minimum absolute atomic E-state index is 0.116. The molecule has 25 heavy (non-hydrogen) atoms. The Morgan fingerprint density at radius 2 is 2.32 bits per heavy atom. The van der Waals surface area contributed by atoms with E-state index < -0.39 is 0 Å². The Bertz CT molecular complexity index is 861. The van der Waals surface area contributed by atoms with Gasteiger partial charge in [0.1, 0.15) is 0 Å². The highest BCUT2D eigenvalue weighted by molar-refractivity contribution is 7.99. The Kier molecular flexibility index (Phi) is 7.31. The second-order valence-electron chi connectivity index (χ2n) is 5.13. The van der Waals surface area contributed by atoms with Crippen LogP contribution in [0.1, 0.15) is 6.42 Å². The van der Waals surface area contributed by atoms with Crippen molar-refractivity contribution in [1.82, 2.24) is 14.9 Å². The summed E-state index contributed by atoms with van der Waals surface area (Å²) in [5.41, 5.74) is 0.344. The molecule has 0 aliphatic rings. The number of methoxy groups -OCH3 is 1. The summed E-state index contributed by atoms with van der Waals surface area (Å²) < 4.78 is 6.61. The normalized spacial score (nSPS) is 10.6. The molecule has 0 unspecified atom stereocenters. The average molecular weight is 380 g/mol. The molecule has 0 saturated carbocycles. The fraction of sp³-hybridized carbons (Fsp3) is 0.353. The van der Waals surface area contributed by atoms with Crippen LogP contribution in [0.3, 0.4) is 0 Å². The molecular formula is C17H18ClN3O3S. The third-order valence-electron chi connectivity index (χ3n) is 3.33. The van der Waals surface area contributed by atoms with Crippen LogP contribution in [-0.2, 0) is 16.1 Å². The Morgan fingerprint density at radius 1 is 1.52 bits per heavy atom. The third-order valence-corrected chi connectivity index (χ3v) is 4.54. The van der Waals surface area contributed by atoms with E-state index in [1.54, 1.807) is 29.9 Å². The van der Waals surface area contributed by atoms with Crippen LogP contribution in [0.2, 0.25) is 5.02 Å². The fourth-order valence-electron chi connectivity index (χ4n) is 2.18. The summed E-state index contributed by atoms with van der Waals surface area (Å²) in [7, 11) is 1.61. The van der Waals surface area contributed by atoms with E-state index in [-0.39, 0.29) is 23.8 Å². The molecule has 0 fully saturated rings. The number of nitrogens with one attached hydrogen (secondary N) is 1. The minimum atomic E-state index is -0.216. The summed E-state index contributed by atoms with van der Waals surface area (Å²) >= 11 is 7.18. The van der Waals surface area contributed by atoms with Gasteiger partial charge in [0.05, 0.1) is 23.2 Å². The number of hydrogen-bond donors (Lipinski definition) is 1. The molecule has 0 saturated heterocycles. The van der Waals surface area contributed by atoms with Crippen molar-refractivity contribution < 1.29 is 9.53 Å². The third kappa shape index (κ3) is 5.23. The van der Waals surface area contributed by atoms with Gasteiger partial charge >= 0.3 is 0 Å². The molecular weight excluding hydrogens is 362 g/mol. The lowest BCUT2D eigenvalue weighted by Gasteiger charge is -2.13. The summed E-state index contributed by atoms with van der Waals surface area (Å²) in [5, 5.41) is 4.04. The molecule has 0 spiro atoms. The zero-order valence-corrected chi connectivity index (χ0v) is 15.3. The molecule has 8 heteroatoms. The molecule has 1 aromatic carbocycles. The fourth-order valence-corrected chi connectivity index (χ4v) is 3.20. The number of ether oxygens (including phenoxy) is 1. The number of halogens is 1.